The summed E-state index contributed by atoms with van der Waals surface area (Å²) in [6.45, 7) is 4.04. The maximum Gasteiger partial charge on any atom is 0.249 e. The molecule has 48 heavy (non-hydrogen) atoms. The Morgan fingerprint density at radius 3 is 1.21 bits per heavy atom. The first kappa shape index (κ1) is 47.0. The van der Waals surface area contributed by atoms with Gasteiger partial charge in [-0.2, -0.15) is 0 Å². The Balaban J connectivity index is 3.74. The van der Waals surface area contributed by atoms with Crippen molar-refractivity contribution in [1.29, 1.82) is 0 Å². The van der Waals surface area contributed by atoms with Crippen LogP contribution >= 0.6 is 0 Å². The van der Waals surface area contributed by atoms with Gasteiger partial charge < -0.3 is 25.7 Å². The zero-order chi connectivity index (χ0) is 35.3. The fraction of sp³-hybridized carbons (Fsp3) is 0.929. The van der Waals surface area contributed by atoms with Gasteiger partial charge in [-0.1, -0.05) is 193 Å². The molecule has 0 rings (SSSR count). The van der Waals surface area contributed by atoms with Crippen molar-refractivity contribution in [2.75, 3.05) is 6.61 Å². The molecule has 6 nitrogen and oxygen atoms in total. The molecular weight excluding hydrogens is 598 g/mol. The van der Waals surface area contributed by atoms with Gasteiger partial charge in [-0.15, -0.1) is 0 Å². The highest BCUT2D eigenvalue weighted by Gasteiger charge is 2.28. The molecule has 0 aromatic heterocycles. The summed E-state index contributed by atoms with van der Waals surface area (Å²) in [5.74, 6) is -0.591. The maximum absolute atomic E-state index is 12.5. The highest BCUT2D eigenvalue weighted by Crippen LogP contribution is 2.16. The Kier molecular flexibility index (Phi) is 36.6. The Bertz CT molecular complexity index is 687. The lowest BCUT2D eigenvalue weighted by atomic mass is 9.99. The van der Waals surface area contributed by atoms with Crippen LogP contribution in [0.15, 0.2) is 12.2 Å². The first-order valence-electron chi connectivity index (χ1n) is 21.1. The second-order valence-electron chi connectivity index (χ2n) is 14.7. The Morgan fingerprint density at radius 2 is 0.833 bits per heavy atom. The van der Waals surface area contributed by atoms with Crippen LogP contribution in [0.25, 0.3) is 0 Å². The van der Waals surface area contributed by atoms with E-state index in [4.69, 9.17) is 0 Å². The van der Waals surface area contributed by atoms with Crippen molar-refractivity contribution in [1.82, 2.24) is 5.32 Å². The van der Waals surface area contributed by atoms with E-state index in [9.17, 15) is 25.2 Å². The van der Waals surface area contributed by atoms with Crippen LogP contribution in [-0.4, -0.2) is 57.3 Å². The van der Waals surface area contributed by atoms with Crippen LogP contribution in [0, 0.1) is 0 Å². The second kappa shape index (κ2) is 37.3. The molecule has 0 aliphatic heterocycles. The molecule has 0 fully saturated rings. The Labute approximate surface area is 298 Å². The molecule has 4 atom stereocenters. The van der Waals surface area contributed by atoms with Crippen LogP contribution in [0.1, 0.15) is 219 Å². The van der Waals surface area contributed by atoms with E-state index in [2.05, 4.69) is 31.3 Å². The number of hydrogen-bond acceptors (Lipinski definition) is 5. The molecule has 0 spiro atoms. The number of aliphatic hydroxyl groups is 4. The van der Waals surface area contributed by atoms with Crippen LogP contribution in [0.4, 0.5) is 0 Å². The maximum atomic E-state index is 12.5. The van der Waals surface area contributed by atoms with Crippen molar-refractivity contribution < 1.29 is 25.2 Å². The van der Waals surface area contributed by atoms with Gasteiger partial charge in [-0.25, -0.2) is 0 Å². The van der Waals surface area contributed by atoms with Gasteiger partial charge in [0.2, 0.25) is 5.91 Å². The summed E-state index contributed by atoms with van der Waals surface area (Å²) in [6, 6.07) is -0.985. The summed E-state index contributed by atoms with van der Waals surface area (Å²) >= 11 is 0. The zero-order valence-electron chi connectivity index (χ0n) is 32.0. The van der Waals surface area contributed by atoms with Crippen molar-refractivity contribution in [3.8, 4) is 0 Å². The summed E-state index contributed by atoms with van der Waals surface area (Å²) in [4.78, 5) is 12.5. The number of carbonyl (C=O) groups is 1. The first-order valence-corrected chi connectivity index (χ1v) is 21.1. The minimum Gasteiger partial charge on any atom is -0.394 e. The third-order valence-electron chi connectivity index (χ3n) is 9.98. The monoisotopic (exact) mass is 682 g/mol. The van der Waals surface area contributed by atoms with E-state index in [1.807, 2.05) is 0 Å². The van der Waals surface area contributed by atoms with Gasteiger partial charge in [0.25, 0.3) is 0 Å². The smallest absolute Gasteiger partial charge is 0.249 e. The fourth-order valence-electron chi connectivity index (χ4n) is 6.57. The normalized spacial score (nSPS) is 14.4. The molecule has 6 heteroatoms. The van der Waals surface area contributed by atoms with Crippen molar-refractivity contribution in [3.05, 3.63) is 12.2 Å². The molecule has 0 heterocycles. The summed E-state index contributed by atoms with van der Waals surface area (Å²) in [5, 5.41) is 43.5. The second-order valence-corrected chi connectivity index (χ2v) is 14.7. The third-order valence-corrected chi connectivity index (χ3v) is 9.98. The highest BCUT2D eigenvalue weighted by molar-refractivity contribution is 5.80. The van der Waals surface area contributed by atoms with E-state index in [0.717, 1.165) is 51.4 Å². The van der Waals surface area contributed by atoms with Crippen molar-refractivity contribution in [2.45, 2.75) is 244 Å². The molecule has 0 bridgehead atoms. The van der Waals surface area contributed by atoms with Crippen molar-refractivity contribution >= 4 is 5.91 Å². The number of rotatable bonds is 38. The number of hydrogen-bond donors (Lipinski definition) is 5. The number of aliphatic hydroxyl groups excluding tert-OH is 4. The molecule has 1 amide bonds. The van der Waals surface area contributed by atoms with E-state index in [1.54, 1.807) is 0 Å². The number of nitrogens with one attached hydrogen (secondary N) is 1. The fourth-order valence-corrected chi connectivity index (χ4v) is 6.57. The molecule has 5 N–H and O–H groups in total. The Hall–Kier alpha value is -0.950. The molecule has 286 valence electrons. The largest absolute Gasteiger partial charge is 0.394 e. The molecule has 0 aromatic rings. The number of amides is 1. The van der Waals surface area contributed by atoms with Crippen LogP contribution in [0.3, 0.4) is 0 Å². The van der Waals surface area contributed by atoms with E-state index in [1.165, 1.54) is 141 Å². The molecule has 0 aromatic carbocycles. The molecule has 1 unspecified atom stereocenters. The van der Waals surface area contributed by atoms with Crippen molar-refractivity contribution in [3.63, 3.8) is 0 Å². The van der Waals surface area contributed by atoms with E-state index >= 15 is 0 Å². The predicted molar refractivity (Wildman–Crippen MR) is 205 cm³/mol. The van der Waals surface area contributed by atoms with Gasteiger partial charge in [0, 0.05) is 0 Å². The van der Waals surface area contributed by atoms with Gasteiger partial charge in [0.1, 0.15) is 12.2 Å². The van der Waals surface area contributed by atoms with E-state index in [-0.39, 0.29) is 0 Å². The van der Waals surface area contributed by atoms with Crippen LogP contribution in [-0.2, 0) is 4.79 Å². The molecule has 0 saturated carbocycles. The minimum atomic E-state index is -1.26. The number of carbonyl (C=O) groups excluding carboxylic acids is 1. The van der Waals surface area contributed by atoms with Crippen molar-refractivity contribution in [2.24, 2.45) is 0 Å². The number of unbranched alkanes of at least 4 members (excludes halogenated alkanes) is 27. The van der Waals surface area contributed by atoms with Gasteiger partial charge in [0.15, 0.2) is 0 Å². The van der Waals surface area contributed by atoms with E-state index in [0.29, 0.717) is 12.8 Å². The summed E-state index contributed by atoms with van der Waals surface area (Å²) < 4.78 is 0. The third kappa shape index (κ3) is 31.1. The van der Waals surface area contributed by atoms with Gasteiger partial charge in [0.05, 0.1) is 18.8 Å². The summed E-state index contributed by atoms with van der Waals surface area (Å²) in [5.41, 5.74) is 0. The van der Waals surface area contributed by atoms with Crippen LogP contribution < -0.4 is 5.32 Å². The molecule has 0 aliphatic rings. The molecule has 0 aliphatic carbocycles. The lowest BCUT2D eigenvalue weighted by molar-refractivity contribution is -0.132. The Morgan fingerprint density at radius 1 is 0.500 bits per heavy atom. The molecule has 0 radical (unpaired) electrons. The van der Waals surface area contributed by atoms with E-state index < -0.39 is 36.9 Å². The van der Waals surface area contributed by atoms with Gasteiger partial charge in [-0.3, -0.25) is 4.79 Å². The van der Waals surface area contributed by atoms with Crippen LogP contribution in [0.5, 0.6) is 0 Å². The first-order chi connectivity index (χ1) is 23.5. The average molecular weight is 682 g/mol. The highest BCUT2D eigenvalue weighted by atomic mass is 16.3. The zero-order valence-corrected chi connectivity index (χ0v) is 32.0. The lowest BCUT2D eigenvalue weighted by Crippen LogP contribution is -2.53. The standard InChI is InChI=1S/C42H83NO5/c1-3-5-7-9-11-13-15-17-18-19-20-21-22-23-24-26-28-30-32-34-36-40(46)42(48)43-38(37-44)41(47)39(45)35-33-31-29-27-25-16-14-12-10-8-6-4-2/h23-24,38-41,44-47H,3-22,25-37H2,1-2H3,(H,43,48)/b24-23-/t38?,39-,40-,41+/m1/s1. The topological polar surface area (TPSA) is 110 Å². The molecule has 0 saturated heterocycles. The minimum absolute atomic E-state index is 0.357. The number of allylic oxidation sites excluding steroid dienone is 2. The molecular formula is C42H83NO5. The van der Waals surface area contributed by atoms with Gasteiger partial charge >= 0.3 is 0 Å². The van der Waals surface area contributed by atoms with Gasteiger partial charge in [-0.05, 0) is 38.5 Å². The summed E-state index contributed by atoms with van der Waals surface area (Å²) in [7, 11) is 0. The summed E-state index contributed by atoms with van der Waals surface area (Å²) in [6.07, 6.45) is 39.5. The SMILES string of the molecule is CCCCCCCCCCCCCC/C=C\CCCCCC[C@@H](O)C(=O)NC(CO)[C@H](O)[C@H](O)CCCCCCCCCCCCCC. The average Bonchev–Trinajstić information content (AvgIpc) is 3.09. The van der Waals surface area contributed by atoms with Crippen LogP contribution in [0.2, 0.25) is 0 Å². The predicted octanol–water partition coefficient (Wildman–Crippen LogP) is 10.6. The quantitative estimate of drug-likeness (QED) is 0.0329. The lowest BCUT2D eigenvalue weighted by Gasteiger charge is -2.27.